The Hall–Kier alpha value is -2.84. The first-order chi connectivity index (χ1) is 13.9. The van der Waals surface area contributed by atoms with Crippen LogP contribution in [-0.2, 0) is 16.2 Å². The van der Waals surface area contributed by atoms with Gasteiger partial charge in [-0.1, -0.05) is 60.4 Å². The minimum atomic E-state index is -1.36. The third-order valence-corrected chi connectivity index (χ3v) is 5.60. The van der Waals surface area contributed by atoms with Gasteiger partial charge in [0.05, 0.1) is 24.0 Å². The Bertz CT molecular complexity index is 974. The number of carbonyl (C=O) groups is 2. The second-order valence-electron chi connectivity index (χ2n) is 6.23. The van der Waals surface area contributed by atoms with Gasteiger partial charge in [0.2, 0.25) is 0 Å². The number of thiocarbonyl (C=S) groups is 1. The number of carboxylic acids is 1. The molecule has 1 amide bonds. The number of nitrogens with zero attached hydrogens (tertiary/aromatic N) is 1. The molecule has 8 heteroatoms. The number of ether oxygens (including phenoxy) is 2. The maximum Gasteiger partial charge on any atom is 0.266 e. The highest BCUT2D eigenvalue weighted by molar-refractivity contribution is 8.26. The van der Waals surface area contributed by atoms with E-state index in [4.69, 9.17) is 21.7 Å². The van der Waals surface area contributed by atoms with Gasteiger partial charge in [-0.05, 0) is 36.3 Å². The molecule has 0 aliphatic carbocycles. The van der Waals surface area contributed by atoms with Crippen molar-refractivity contribution in [3.05, 3.63) is 64.6 Å². The zero-order valence-corrected chi connectivity index (χ0v) is 17.4. The van der Waals surface area contributed by atoms with E-state index in [9.17, 15) is 14.7 Å². The number of carbonyl (C=O) groups excluding carboxylic acids is 2. The molecule has 6 nitrogen and oxygen atoms in total. The second kappa shape index (κ2) is 9.11. The van der Waals surface area contributed by atoms with E-state index in [1.165, 1.54) is 14.0 Å². The van der Waals surface area contributed by atoms with Crippen molar-refractivity contribution in [3.8, 4) is 11.5 Å². The number of hydrogen-bond acceptors (Lipinski definition) is 7. The van der Waals surface area contributed by atoms with Gasteiger partial charge in [-0.3, -0.25) is 9.69 Å². The Kier molecular flexibility index (Phi) is 6.56. The fourth-order valence-electron chi connectivity index (χ4n) is 2.70. The molecule has 1 saturated heterocycles. The number of methoxy groups -OCH3 is 1. The van der Waals surface area contributed by atoms with Crippen molar-refractivity contribution in [2.75, 3.05) is 7.11 Å². The lowest BCUT2D eigenvalue weighted by Gasteiger charge is -2.23. The van der Waals surface area contributed by atoms with Crippen LogP contribution in [0.2, 0.25) is 0 Å². The van der Waals surface area contributed by atoms with Crippen LogP contribution < -0.4 is 14.6 Å². The molecule has 29 heavy (non-hydrogen) atoms. The van der Waals surface area contributed by atoms with Gasteiger partial charge in [-0.15, -0.1) is 0 Å². The van der Waals surface area contributed by atoms with Gasteiger partial charge >= 0.3 is 0 Å². The highest BCUT2D eigenvalue weighted by atomic mass is 32.2. The Morgan fingerprint density at radius 1 is 1.24 bits per heavy atom. The lowest BCUT2D eigenvalue weighted by molar-refractivity contribution is -0.309. The van der Waals surface area contributed by atoms with Gasteiger partial charge in [0.1, 0.15) is 10.9 Å². The molecule has 1 atom stereocenters. The fraction of sp³-hybridized carbons (Fsp3) is 0.190. The smallest absolute Gasteiger partial charge is 0.266 e. The molecule has 2 aromatic rings. The Morgan fingerprint density at radius 2 is 1.97 bits per heavy atom. The molecule has 0 bridgehead atoms. The summed E-state index contributed by atoms with van der Waals surface area (Å²) < 4.78 is 11.4. The number of benzene rings is 2. The maximum atomic E-state index is 12.5. The average Bonchev–Trinajstić information content (AvgIpc) is 2.99. The molecule has 0 saturated carbocycles. The van der Waals surface area contributed by atoms with E-state index >= 15 is 0 Å². The van der Waals surface area contributed by atoms with Crippen molar-refractivity contribution >= 4 is 46.3 Å². The molecule has 0 unspecified atom stereocenters. The van der Waals surface area contributed by atoms with Crippen LogP contribution in [0.15, 0.2) is 53.4 Å². The van der Waals surface area contributed by atoms with Crippen molar-refractivity contribution in [2.45, 2.75) is 19.6 Å². The first-order valence-corrected chi connectivity index (χ1v) is 9.96. The average molecular weight is 429 g/mol. The van der Waals surface area contributed by atoms with Crippen LogP contribution in [0.4, 0.5) is 0 Å². The molecule has 1 fully saturated rings. The summed E-state index contributed by atoms with van der Waals surface area (Å²) in [6, 6.07) is 13.9. The van der Waals surface area contributed by atoms with Crippen molar-refractivity contribution < 1.29 is 24.2 Å². The summed E-state index contributed by atoms with van der Waals surface area (Å²) in [6.45, 7) is 1.77. The SMILES string of the molecule is COc1cc(/C=C2\SC(=S)N([C@H](C)C(=O)[O-])C2=O)ccc1OCc1ccccc1. The van der Waals surface area contributed by atoms with Crippen molar-refractivity contribution in [1.82, 2.24) is 4.90 Å². The van der Waals surface area contributed by atoms with Crippen LogP contribution >= 0.6 is 24.0 Å². The van der Waals surface area contributed by atoms with E-state index < -0.39 is 17.9 Å². The summed E-state index contributed by atoms with van der Waals surface area (Å²) in [4.78, 5) is 25.0. The first-order valence-electron chi connectivity index (χ1n) is 8.73. The summed E-state index contributed by atoms with van der Waals surface area (Å²) in [5, 5.41) is 11.1. The molecular formula is C21H18NO5S2-. The predicted molar refractivity (Wildman–Crippen MR) is 113 cm³/mol. The molecule has 3 rings (SSSR count). The maximum absolute atomic E-state index is 12.5. The topological polar surface area (TPSA) is 78.9 Å². The Balaban J connectivity index is 1.78. The number of aliphatic carboxylic acids is 1. The van der Waals surface area contributed by atoms with E-state index in [-0.39, 0.29) is 4.32 Å². The quantitative estimate of drug-likeness (QED) is 0.495. The van der Waals surface area contributed by atoms with Crippen molar-refractivity contribution in [2.24, 2.45) is 0 Å². The lowest BCUT2D eigenvalue weighted by Crippen LogP contribution is -2.48. The summed E-state index contributed by atoms with van der Waals surface area (Å²) in [6.07, 6.45) is 1.64. The third kappa shape index (κ3) is 4.78. The zero-order valence-electron chi connectivity index (χ0n) is 15.8. The minimum absolute atomic E-state index is 0.188. The van der Waals surface area contributed by atoms with Crippen LogP contribution in [0.3, 0.4) is 0 Å². The summed E-state index contributed by atoms with van der Waals surface area (Å²) in [5.41, 5.74) is 1.74. The van der Waals surface area contributed by atoms with Gasteiger partial charge < -0.3 is 19.4 Å². The van der Waals surface area contributed by atoms with Crippen LogP contribution in [-0.4, -0.2) is 34.2 Å². The Morgan fingerprint density at radius 3 is 2.62 bits per heavy atom. The van der Waals surface area contributed by atoms with Crippen molar-refractivity contribution in [3.63, 3.8) is 0 Å². The fourth-order valence-corrected chi connectivity index (χ4v) is 4.12. The summed E-state index contributed by atoms with van der Waals surface area (Å²) in [7, 11) is 1.54. The molecule has 1 aliphatic heterocycles. The normalized spacial score (nSPS) is 16.2. The largest absolute Gasteiger partial charge is 0.548 e. The summed E-state index contributed by atoms with van der Waals surface area (Å²) >= 11 is 6.20. The molecule has 1 heterocycles. The minimum Gasteiger partial charge on any atom is -0.548 e. The zero-order chi connectivity index (χ0) is 21.0. The lowest BCUT2D eigenvalue weighted by atomic mass is 10.1. The molecule has 1 aliphatic rings. The Labute approximate surface area is 178 Å². The van der Waals surface area contributed by atoms with E-state index in [2.05, 4.69) is 0 Å². The van der Waals surface area contributed by atoms with Gasteiger partial charge in [0.15, 0.2) is 11.5 Å². The monoisotopic (exact) mass is 428 g/mol. The number of hydrogen-bond donors (Lipinski definition) is 0. The number of rotatable bonds is 7. The molecule has 0 radical (unpaired) electrons. The van der Waals surface area contributed by atoms with Gasteiger partial charge in [-0.2, -0.15) is 0 Å². The second-order valence-corrected chi connectivity index (χ2v) is 7.91. The highest BCUT2D eigenvalue weighted by Gasteiger charge is 2.35. The number of amides is 1. The first kappa shape index (κ1) is 20.9. The molecule has 0 spiro atoms. The standard InChI is InChI=1S/C21H19NO5S2/c1-13(20(24)25)22-19(23)18(29-21(22)28)11-15-8-9-16(17(10-15)26-2)27-12-14-6-4-3-5-7-14/h3-11,13H,12H2,1-2H3,(H,24,25)/p-1/b18-11-/t13-/m1/s1. The van der Waals surface area contributed by atoms with Crippen LogP contribution in [0.5, 0.6) is 11.5 Å². The van der Waals surface area contributed by atoms with E-state index in [1.54, 1.807) is 24.3 Å². The van der Waals surface area contributed by atoms with E-state index in [0.717, 1.165) is 22.2 Å². The summed E-state index contributed by atoms with van der Waals surface area (Å²) in [5.74, 6) is -0.718. The molecule has 2 aromatic carbocycles. The van der Waals surface area contributed by atoms with Crippen LogP contribution in [0.25, 0.3) is 6.08 Å². The van der Waals surface area contributed by atoms with Gasteiger partial charge in [0, 0.05) is 0 Å². The van der Waals surface area contributed by atoms with Gasteiger partial charge in [0.25, 0.3) is 5.91 Å². The van der Waals surface area contributed by atoms with E-state index in [1.807, 2.05) is 30.3 Å². The van der Waals surface area contributed by atoms with Crippen molar-refractivity contribution in [1.29, 1.82) is 0 Å². The number of thioether (sulfide) groups is 1. The van der Waals surface area contributed by atoms with E-state index in [0.29, 0.717) is 28.6 Å². The molecular weight excluding hydrogens is 410 g/mol. The predicted octanol–water partition coefficient (Wildman–Crippen LogP) is 2.61. The molecule has 0 N–H and O–H groups in total. The van der Waals surface area contributed by atoms with Gasteiger partial charge in [-0.25, -0.2) is 0 Å². The highest BCUT2D eigenvalue weighted by Crippen LogP contribution is 2.35. The molecule has 0 aromatic heterocycles. The van der Waals surface area contributed by atoms with Crippen LogP contribution in [0, 0.1) is 0 Å². The number of carboxylic acid groups (broad SMARTS) is 1. The molecule has 150 valence electrons. The third-order valence-electron chi connectivity index (χ3n) is 4.27. The van der Waals surface area contributed by atoms with Crippen LogP contribution in [0.1, 0.15) is 18.1 Å².